The zero-order valence-electron chi connectivity index (χ0n) is 25.2. The molecular formula is C34H26F8N2O2S3. The average Bonchev–Trinajstić information content (AvgIpc) is 3.81. The second-order valence-electron chi connectivity index (χ2n) is 10.9. The van der Waals surface area contributed by atoms with Crippen LogP contribution in [-0.2, 0) is 25.2 Å². The number of carbonyl (C=O) groups excluding carboxylic acids is 2. The van der Waals surface area contributed by atoms with Crippen molar-refractivity contribution >= 4 is 45.8 Å². The summed E-state index contributed by atoms with van der Waals surface area (Å²) < 4.78 is 105. The normalized spacial score (nSPS) is 11.9. The molecule has 0 aliphatic rings. The highest BCUT2D eigenvalue weighted by Gasteiger charge is 2.33. The van der Waals surface area contributed by atoms with Gasteiger partial charge in [0.15, 0.2) is 0 Å². The molecule has 0 aliphatic carbocycles. The molecule has 0 atom stereocenters. The first-order valence-corrected chi connectivity index (χ1v) is 17.2. The first-order valence-electron chi connectivity index (χ1n) is 14.8. The highest BCUT2D eigenvalue weighted by molar-refractivity contribution is 7.26. The molecule has 5 rings (SSSR count). The molecule has 5 aromatic rings. The summed E-state index contributed by atoms with van der Waals surface area (Å²) in [6.45, 7) is 0.409. The number of benzene rings is 2. The van der Waals surface area contributed by atoms with Crippen LogP contribution in [0.1, 0.15) is 54.4 Å². The number of nitrogens with one attached hydrogen (secondary N) is 2. The number of hydrogen-bond donors (Lipinski definition) is 2. The first kappa shape index (κ1) is 36.2. The van der Waals surface area contributed by atoms with Crippen LogP contribution in [0.15, 0.2) is 72.8 Å². The van der Waals surface area contributed by atoms with Gasteiger partial charge in [0.1, 0.15) is 11.6 Å². The molecule has 2 aromatic carbocycles. The minimum absolute atomic E-state index is 0.204. The van der Waals surface area contributed by atoms with Crippen LogP contribution in [0.3, 0.4) is 0 Å². The van der Waals surface area contributed by atoms with Crippen molar-refractivity contribution in [2.45, 2.75) is 38.0 Å². The molecule has 0 radical (unpaired) electrons. The lowest BCUT2D eigenvalue weighted by molar-refractivity contribution is -0.138. The van der Waals surface area contributed by atoms with Crippen molar-refractivity contribution in [2.24, 2.45) is 0 Å². The largest absolute Gasteiger partial charge is 0.416 e. The number of halogens is 8. The lowest BCUT2D eigenvalue weighted by Gasteiger charge is -2.10. The van der Waals surface area contributed by atoms with Gasteiger partial charge in [-0.3, -0.25) is 9.59 Å². The standard InChI is InChI=1S/C34H26F8N2O2S3/c35-23-15-19(13-21(17-23)33(37,38)39)31(45)43-11-1-3-25-5-7-27(47-25)29-9-10-30(49-29)28-8-6-26(48-28)4-2-12-44-32(46)20-14-22(34(40,41)42)18-24(36)16-20/h5-10,13-18H,1-4,11-12H2,(H,43,45)(H,44,46). The minimum Gasteiger partial charge on any atom is -0.352 e. The lowest BCUT2D eigenvalue weighted by atomic mass is 10.1. The maximum atomic E-state index is 13.6. The van der Waals surface area contributed by atoms with Crippen LogP contribution in [0.25, 0.3) is 19.5 Å². The van der Waals surface area contributed by atoms with Gasteiger partial charge in [0.25, 0.3) is 11.8 Å². The molecule has 0 saturated heterocycles. The van der Waals surface area contributed by atoms with Crippen molar-refractivity contribution in [3.05, 3.63) is 116 Å². The van der Waals surface area contributed by atoms with E-state index < -0.39 is 58.1 Å². The van der Waals surface area contributed by atoms with E-state index in [9.17, 15) is 44.7 Å². The van der Waals surface area contributed by atoms with Gasteiger partial charge >= 0.3 is 12.4 Å². The molecule has 15 heteroatoms. The van der Waals surface area contributed by atoms with E-state index in [1.165, 1.54) is 0 Å². The Morgan fingerprint density at radius 2 is 0.898 bits per heavy atom. The summed E-state index contributed by atoms with van der Waals surface area (Å²) in [6, 6.07) is 15.5. The van der Waals surface area contributed by atoms with Crippen molar-refractivity contribution in [3.8, 4) is 19.5 Å². The van der Waals surface area contributed by atoms with E-state index in [4.69, 9.17) is 0 Å². The van der Waals surface area contributed by atoms with Crippen LogP contribution < -0.4 is 10.6 Å². The Balaban J connectivity index is 1.07. The second-order valence-corrected chi connectivity index (χ2v) is 14.3. The molecule has 0 saturated carbocycles. The molecule has 2 amide bonds. The zero-order valence-corrected chi connectivity index (χ0v) is 27.7. The number of alkyl halides is 6. The third-order valence-electron chi connectivity index (χ3n) is 7.16. The van der Waals surface area contributed by atoms with Crippen LogP contribution in [0.2, 0.25) is 0 Å². The van der Waals surface area contributed by atoms with E-state index in [0.717, 1.165) is 41.4 Å². The fourth-order valence-electron chi connectivity index (χ4n) is 4.79. The molecule has 49 heavy (non-hydrogen) atoms. The fourth-order valence-corrected chi connectivity index (χ4v) is 8.08. The zero-order chi connectivity index (χ0) is 35.3. The average molecular weight is 743 g/mol. The molecule has 0 bridgehead atoms. The smallest absolute Gasteiger partial charge is 0.352 e. The summed E-state index contributed by atoms with van der Waals surface area (Å²) in [5.41, 5.74) is -3.23. The van der Waals surface area contributed by atoms with Crippen LogP contribution in [0.5, 0.6) is 0 Å². The van der Waals surface area contributed by atoms with E-state index in [1.54, 1.807) is 34.0 Å². The van der Waals surface area contributed by atoms with Crippen molar-refractivity contribution in [1.29, 1.82) is 0 Å². The van der Waals surface area contributed by atoms with E-state index >= 15 is 0 Å². The predicted octanol–water partition coefficient (Wildman–Crippen LogP) is 10.2. The van der Waals surface area contributed by atoms with Gasteiger partial charge in [-0.15, -0.1) is 34.0 Å². The quantitative estimate of drug-likeness (QED) is 0.0988. The molecule has 2 N–H and O–H groups in total. The monoisotopic (exact) mass is 742 g/mol. The van der Waals surface area contributed by atoms with Gasteiger partial charge in [-0.05, 0) is 98.5 Å². The Hall–Kier alpha value is -4.08. The van der Waals surface area contributed by atoms with Gasteiger partial charge in [-0.1, -0.05) is 0 Å². The molecule has 4 nitrogen and oxygen atoms in total. The maximum Gasteiger partial charge on any atom is 0.416 e. The van der Waals surface area contributed by atoms with Crippen molar-refractivity contribution < 1.29 is 44.7 Å². The number of amides is 2. The number of carbonyl (C=O) groups is 2. The highest BCUT2D eigenvalue weighted by atomic mass is 32.1. The molecule has 0 fully saturated rings. The number of aryl methyl sites for hydroxylation is 2. The van der Waals surface area contributed by atoms with Crippen LogP contribution >= 0.6 is 34.0 Å². The van der Waals surface area contributed by atoms with Gasteiger partial charge < -0.3 is 10.6 Å². The summed E-state index contributed by atoms with van der Waals surface area (Å²) >= 11 is 4.81. The van der Waals surface area contributed by atoms with Crippen molar-refractivity contribution in [1.82, 2.24) is 10.6 Å². The molecule has 3 aromatic heterocycles. The molecule has 258 valence electrons. The van der Waals surface area contributed by atoms with Crippen LogP contribution in [0.4, 0.5) is 35.1 Å². The predicted molar refractivity (Wildman–Crippen MR) is 175 cm³/mol. The lowest BCUT2D eigenvalue weighted by Crippen LogP contribution is -2.25. The Bertz CT molecular complexity index is 1810. The Morgan fingerprint density at radius 3 is 1.29 bits per heavy atom. The van der Waals surface area contributed by atoms with Gasteiger partial charge in [-0.25, -0.2) is 8.78 Å². The Kier molecular flexibility index (Phi) is 11.2. The van der Waals surface area contributed by atoms with Gasteiger partial charge in [-0.2, -0.15) is 26.3 Å². The first-order chi connectivity index (χ1) is 23.2. The van der Waals surface area contributed by atoms with Crippen LogP contribution in [0, 0.1) is 11.6 Å². The van der Waals surface area contributed by atoms with Gasteiger partial charge in [0.2, 0.25) is 0 Å². The summed E-state index contributed by atoms with van der Waals surface area (Å²) in [5, 5.41) is 5.09. The number of thiophene rings is 3. The number of rotatable bonds is 12. The summed E-state index contributed by atoms with van der Waals surface area (Å²) in [6.07, 6.45) is -7.19. The third kappa shape index (κ3) is 9.76. The van der Waals surface area contributed by atoms with E-state index in [1.807, 2.05) is 36.4 Å². The molecule has 0 unspecified atom stereocenters. The second kappa shape index (κ2) is 15.2. The molecule has 0 aliphatic heterocycles. The SMILES string of the molecule is O=C(NCCCc1ccc(-c2ccc(-c3ccc(CCCNC(=O)c4cc(F)cc(C(F)(F)F)c4)s3)s2)s1)c1cc(F)cc(C(F)(F)F)c1. The van der Waals surface area contributed by atoms with E-state index in [2.05, 4.69) is 10.6 Å². The third-order valence-corrected chi connectivity index (χ3v) is 10.9. The molecular weight excluding hydrogens is 717 g/mol. The summed E-state index contributed by atoms with van der Waals surface area (Å²) in [5.74, 6) is -3.83. The fraction of sp³-hybridized carbons (Fsp3) is 0.235. The van der Waals surface area contributed by atoms with E-state index in [-0.39, 0.29) is 13.1 Å². The summed E-state index contributed by atoms with van der Waals surface area (Å²) in [4.78, 5) is 30.9. The maximum absolute atomic E-state index is 13.6. The molecule has 0 spiro atoms. The van der Waals surface area contributed by atoms with E-state index in [0.29, 0.717) is 49.9 Å². The van der Waals surface area contributed by atoms with Gasteiger partial charge in [0, 0.05) is 53.5 Å². The highest BCUT2D eigenvalue weighted by Crippen LogP contribution is 2.40. The summed E-state index contributed by atoms with van der Waals surface area (Å²) in [7, 11) is 0. The molecule has 3 heterocycles. The Morgan fingerprint density at radius 1 is 0.531 bits per heavy atom. The Labute approximate surface area is 287 Å². The van der Waals surface area contributed by atoms with Crippen LogP contribution in [-0.4, -0.2) is 24.9 Å². The minimum atomic E-state index is -4.76. The number of hydrogen-bond acceptors (Lipinski definition) is 5. The van der Waals surface area contributed by atoms with Gasteiger partial charge in [0.05, 0.1) is 11.1 Å². The topological polar surface area (TPSA) is 58.2 Å². The van der Waals surface area contributed by atoms with Crippen molar-refractivity contribution in [2.75, 3.05) is 13.1 Å². The van der Waals surface area contributed by atoms with Crippen molar-refractivity contribution in [3.63, 3.8) is 0 Å².